The molecule has 0 saturated carbocycles. The van der Waals surface area contributed by atoms with E-state index in [1.54, 1.807) is 21.3 Å². The maximum atomic E-state index is 5.48. The summed E-state index contributed by atoms with van der Waals surface area (Å²) in [6.45, 7) is 7.22. The number of rotatable bonds is 5. The molecule has 1 saturated heterocycles. The van der Waals surface area contributed by atoms with Crippen LogP contribution in [0.4, 0.5) is 0 Å². The molecule has 1 aromatic rings. The minimum absolute atomic E-state index is 0.332. The molecule has 0 atom stereocenters. The van der Waals surface area contributed by atoms with Crippen molar-refractivity contribution in [2.45, 2.75) is 26.8 Å². The number of nitrogens with one attached hydrogen (secondary N) is 1. The second kappa shape index (κ2) is 7.64. The van der Waals surface area contributed by atoms with Gasteiger partial charge in [0.15, 0.2) is 17.5 Å². The van der Waals surface area contributed by atoms with Crippen molar-refractivity contribution in [1.29, 1.82) is 0 Å². The number of aliphatic imine (C=N–C) groups is 1. The molecule has 0 amide bonds. The van der Waals surface area contributed by atoms with Crippen LogP contribution in [0.1, 0.15) is 25.8 Å². The van der Waals surface area contributed by atoms with E-state index in [0.717, 1.165) is 30.4 Å². The molecule has 0 bridgehead atoms. The van der Waals surface area contributed by atoms with Crippen molar-refractivity contribution >= 4 is 5.96 Å². The predicted molar refractivity (Wildman–Crippen MR) is 96.3 cm³/mol. The van der Waals surface area contributed by atoms with Crippen LogP contribution in [0, 0.1) is 5.41 Å². The van der Waals surface area contributed by atoms with E-state index in [1.807, 2.05) is 19.2 Å². The molecule has 0 radical (unpaired) electrons. The summed E-state index contributed by atoms with van der Waals surface area (Å²) in [6.07, 6.45) is 1.17. The van der Waals surface area contributed by atoms with Gasteiger partial charge in [0.2, 0.25) is 0 Å². The fourth-order valence-corrected chi connectivity index (χ4v) is 3.03. The first-order valence-corrected chi connectivity index (χ1v) is 8.18. The molecule has 1 N–H and O–H groups in total. The number of likely N-dealkylation sites (tertiary alicyclic amines) is 1. The van der Waals surface area contributed by atoms with Gasteiger partial charge in [-0.2, -0.15) is 0 Å². The second-order valence-corrected chi connectivity index (χ2v) is 6.76. The Morgan fingerprint density at radius 3 is 2.25 bits per heavy atom. The lowest BCUT2D eigenvalue weighted by Crippen LogP contribution is -2.40. The highest BCUT2D eigenvalue weighted by atomic mass is 16.5. The van der Waals surface area contributed by atoms with Gasteiger partial charge < -0.3 is 24.4 Å². The van der Waals surface area contributed by atoms with Crippen LogP contribution in [-0.2, 0) is 6.54 Å². The Morgan fingerprint density at radius 1 is 1.12 bits per heavy atom. The Balaban J connectivity index is 2.13. The van der Waals surface area contributed by atoms with Crippen LogP contribution in [0.25, 0.3) is 0 Å². The van der Waals surface area contributed by atoms with Gasteiger partial charge in [0, 0.05) is 38.3 Å². The van der Waals surface area contributed by atoms with Crippen LogP contribution in [0.2, 0.25) is 0 Å². The van der Waals surface area contributed by atoms with E-state index in [4.69, 9.17) is 14.2 Å². The normalized spacial score (nSPS) is 16.9. The van der Waals surface area contributed by atoms with Crippen LogP contribution in [0.15, 0.2) is 17.1 Å². The quantitative estimate of drug-likeness (QED) is 0.662. The average Bonchev–Trinajstić information content (AvgIpc) is 2.94. The minimum Gasteiger partial charge on any atom is -0.496 e. The summed E-state index contributed by atoms with van der Waals surface area (Å²) in [6, 6.07) is 3.78. The van der Waals surface area contributed by atoms with Crippen LogP contribution in [0.5, 0.6) is 17.2 Å². The molecular formula is C18H29N3O3. The van der Waals surface area contributed by atoms with Gasteiger partial charge in [-0.25, -0.2) is 0 Å². The zero-order valence-electron chi connectivity index (χ0n) is 15.6. The maximum absolute atomic E-state index is 5.48. The first kappa shape index (κ1) is 18.2. The Hall–Kier alpha value is -2.11. The third-order valence-electron chi connectivity index (χ3n) is 4.41. The van der Waals surface area contributed by atoms with E-state index in [0.29, 0.717) is 23.5 Å². The van der Waals surface area contributed by atoms with E-state index >= 15 is 0 Å². The lowest BCUT2D eigenvalue weighted by Gasteiger charge is -2.24. The average molecular weight is 335 g/mol. The highest BCUT2D eigenvalue weighted by molar-refractivity contribution is 5.80. The zero-order valence-corrected chi connectivity index (χ0v) is 15.6. The van der Waals surface area contributed by atoms with Crippen LogP contribution >= 0.6 is 0 Å². The molecule has 2 rings (SSSR count). The first-order valence-electron chi connectivity index (χ1n) is 8.18. The van der Waals surface area contributed by atoms with Gasteiger partial charge in [0.05, 0.1) is 21.3 Å². The van der Waals surface area contributed by atoms with Crippen molar-refractivity contribution in [2.75, 3.05) is 41.5 Å². The van der Waals surface area contributed by atoms with Crippen molar-refractivity contribution in [3.63, 3.8) is 0 Å². The van der Waals surface area contributed by atoms with Gasteiger partial charge in [0.1, 0.15) is 5.75 Å². The van der Waals surface area contributed by atoms with Gasteiger partial charge in [-0.05, 0) is 17.9 Å². The fraction of sp³-hybridized carbons (Fsp3) is 0.611. The van der Waals surface area contributed by atoms with Crippen molar-refractivity contribution in [3.05, 3.63) is 17.7 Å². The second-order valence-electron chi connectivity index (χ2n) is 6.76. The highest BCUT2D eigenvalue weighted by Gasteiger charge is 2.30. The molecule has 1 heterocycles. The molecule has 0 aliphatic carbocycles. The Bertz CT molecular complexity index is 599. The Kier molecular flexibility index (Phi) is 5.80. The van der Waals surface area contributed by atoms with Crippen molar-refractivity contribution in [1.82, 2.24) is 10.2 Å². The van der Waals surface area contributed by atoms with E-state index < -0.39 is 0 Å². The highest BCUT2D eigenvalue weighted by Crippen LogP contribution is 2.34. The molecule has 0 spiro atoms. The number of hydrogen-bond donors (Lipinski definition) is 1. The standard InChI is InChI=1S/C18H29N3O3/c1-18(2)7-8-21(12-18)17(19-3)20-11-13-9-15(23-5)16(24-6)10-14(13)22-4/h9-10H,7-8,11-12H2,1-6H3,(H,19,20). The number of methoxy groups -OCH3 is 3. The molecule has 6 heteroatoms. The summed E-state index contributed by atoms with van der Waals surface area (Å²) in [5, 5.41) is 3.43. The molecule has 1 aromatic carbocycles. The van der Waals surface area contributed by atoms with Gasteiger partial charge in [-0.1, -0.05) is 13.8 Å². The molecule has 0 unspecified atom stereocenters. The summed E-state index contributed by atoms with van der Waals surface area (Å²) in [5.74, 6) is 3.02. The smallest absolute Gasteiger partial charge is 0.193 e. The molecule has 0 aromatic heterocycles. The third-order valence-corrected chi connectivity index (χ3v) is 4.41. The summed E-state index contributed by atoms with van der Waals surface area (Å²) in [7, 11) is 6.72. The largest absolute Gasteiger partial charge is 0.496 e. The van der Waals surface area contributed by atoms with Gasteiger partial charge >= 0.3 is 0 Å². The zero-order chi connectivity index (χ0) is 17.7. The van der Waals surface area contributed by atoms with Crippen LogP contribution in [0.3, 0.4) is 0 Å². The fourth-order valence-electron chi connectivity index (χ4n) is 3.03. The first-order chi connectivity index (χ1) is 11.4. The van der Waals surface area contributed by atoms with Gasteiger partial charge in [0.25, 0.3) is 0 Å². The van der Waals surface area contributed by atoms with Crippen LogP contribution in [-0.4, -0.2) is 52.3 Å². The van der Waals surface area contributed by atoms with Crippen molar-refractivity contribution in [3.8, 4) is 17.2 Å². The molecule has 6 nitrogen and oxygen atoms in total. The third kappa shape index (κ3) is 4.04. The molecule has 1 aliphatic rings. The molecule has 1 fully saturated rings. The molecule has 1 aliphatic heterocycles. The van der Waals surface area contributed by atoms with Crippen molar-refractivity contribution < 1.29 is 14.2 Å². The number of benzene rings is 1. The number of guanidine groups is 1. The minimum atomic E-state index is 0.332. The lowest BCUT2D eigenvalue weighted by atomic mass is 9.93. The maximum Gasteiger partial charge on any atom is 0.193 e. The Labute approximate surface area is 144 Å². The molecule has 134 valence electrons. The summed E-state index contributed by atoms with van der Waals surface area (Å²) < 4.78 is 16.2. The monoisotopic (exact) mass is 335 g/mol. The van der Waals surface area contributed by atoms with Crippen molar-refractivity contribution in [2.24, 2.45) is 10.4 Å². The molecule has 24 heavy (non-hydrogen) atoms. The van der Waals surface area contributed by atoms with E-state index in [9.17, 15) is 0 Å². The summed E-state index contributed by atoms with van der Waals surface area (Å²) in [5.41, 5.74) is 1.33. The van der Waals surface area contributed by atoms with E-state index in [2.05, 4.69) is 29.1 Å². The topological polar surface area (TPSA) is 55.3 Å². The lowest BCUT2D eigenvalue weighted by molar-refractivity contribution is 0.347. The van der Waals surface area contributed by atoms with Gasteiger partial charge in [-0.15, -0.1) is 0 Å². The summed E-state index contributed by atoms with van der Waals surface area (Å²) >= 11 is 0. The molecular weight excluding hydrogens is 306 g/mol. The number of nitrogens with zero attached hydrogens (tertiary/aromatic N) is 2. The summed E-state index contributed by atoms with van der Waals surface area (Å²) in [4.78, 5) is 6.72. The number of ether oxygens (including phenoxy) is 3. The van der Waals surface area contributed by atoms with Gasteiger partial charge in [-0.3, -0.25) is 4.99 Å². The van der Waals surface area contributed by atoms with Crippen LogP contribution < -0.4 is 19.5 Å². The van der Waals surface area contributed by atoms with E-state index in [1.165, 1.54) is 6.42 Å². The SMILES string of the molecule is CN=C(NCc1cc(OC)c(OC)cc1OC)N1CCC(C)(C)C1. The predicted octanol–water partition coefficient (Wildman–Crippen LogP) is 2.52. The Morgan fingerprint density at radius 2 is 1.75 bits per heavy atom. The number of hydrogen-bond acceptors (Lipinski definition) is 4. The van der Waals surface area contributed by atoms with E-state index in [-0.39, 0.29) is 0 Å².